The predicted molar refractivity (Wildman–Crippen MR) is 72.6 cm³/mol. The Kier molecular flexibility index (Phi) is 3.46. The minimum atomic E-state index is -0.201. The Morgan fingerprint density at radius 1 is 1.50 bits per heavy atom. The van der Waals surface area contributed by atoms with Gasteiger partial charge in [-0.25, -0.2) is 4.98 Å². The quantitative estimate of drug-likeness (QED) is 0.853. The molecule has 2 aliphatic rings. The van der Waals surface area contributed by atoms with E-state index < -0.39 is 0 Å². The first-order valence-electron chi connectivity index (χ1n) is 7.26. The van der Waals surface area contributed by atoms with Gasteiger partial charge >= 0.3 is 0 Å². The molecule has 0 unspecified atom stereocenters. The Bertz CT molecular complexity index is 521. The summed E-state index contributed by atoms with van der Waals surface area (Å²) < 4.78 is 2.00. The summed E-state index contributed by atoms with van der Waals surface area (Å²) in [5.41, 5.74) is 0. The topological polar surface area (TPSA) is 67.2 Å². The van der Waals surface area contributed by atoms with E-state index in [-0.39, 0.29) is 17.7 Å². The van der Waals surface area contributed by atoms with Gasteiger partial charge in [-0.05, 0) is 19.8 Å². The van der Waals surface area contributed by atoms with Crippen LogP contribution in [0.15, 0.2) is 12.4 Å². The van der Waals surface area contributed by atoms with Crippen LogP contribution in [0.5, 0.6) is 0 Å². The highest BCUT2D eigenvalue weighted by atomic mass is 16.2. The first kappa shape index (κ1) is 13.1. The van der Waals surface area contributed by atoms with E-state index >= 15 is 0 Å². The van der Waals surface area contributed by atoms with E-state index in [0.717, 1.165) is 25.2 Å². The number of carbonyl (C=O) groups excluding carboxylic acids is 2. The predicted octanol–water partition coefficient (Wildman–Crippen LogP) is 0.530. The summed E-state index contributed by atoms with van der Waals surface area (Å²) >= 11 is 0. The lowest BCUT2D eigenvalue weighted by Gasteiger charge is -2.15. The minimum Gasteiger partial charge on any atom is -0.349 e. The summed E-state index contributed by atoms with van der Waals surface area (Å²) in [6.07, 6.45) is 6.17. The molecular formula is C14H20N4O2. The summed E-state index contributed by atoms with van der Waals surface area (Å²) in [5.74, 6) is 0.743. The molecule has 2 amide bonds. The number of hydrogen-bond donors (Lipinski definition) is 1. The van der Waals surface area contributed by atoms with Gasteiger partial charge in [-0.15, -0.1) is 0 Å². The lowest BCUT2D eigenvalue weighted by Crippen LogP contribution is -2.33. The second kappa shape index (κ2) is 5.26. The van der Waals surface area contributed by atoms with Crippen LogP contribution in [-0.2, 0) is 22.7 Å². The van der Waals surface area contributed by atoms with Gasteiger partial charge in [0.15, 0.2) is 0 Å². The van der Waals surface area contributed by atoms with Crippen LogP contribution in [0.2, 0.25) is 0 Å². The number of aryl methyl sites for hydroxylation is 1. The van der Waals surface area contributed by atoms with Crippen LogP contribution in [0.3, 0.4) is 0 Å². The molecule has 20 heavy (non-hydrogen) atoms. The zero-order valence-corrected chi connectivity index (χ0v) is 11.7. The molecule has 1 N–H and O–H groups in total. The SMILES string of the molecule is CCn1ccnc1CNC(=O)[C@@H]1CC(=O)N(C2CC2)C1. The van der Waals surface area contributed by atoms with Gasteiger partial charge in [-0.3, -0.25) is 9.59 Å². The van der Waals surface area contributed by atoms with Gasteiger partial charge in [0.05, 0.1) is 12.5 Å². The van der Waals surface area contributed by atoms with Crippen LogP contribution in [0.25, 0.3) is 0 Å². The number of rotatable bonds is 5. The molecule has 0 radical (unpaired) electrons. The van der Waals surface area contributed by atoms with Crippen molar-refractivity contribution in [3.05, 3.63) is 18.2 Å². The molecule has 1 aliphatic carbocycles. The molecule has 2 fully saturated rings. The first-order valence-corrected chi connectivity index (χ1v) is 7.26. The third kappa shape index (κ3) is 2.55. The molecule has 0 aromatic carbocycles. The zero-order valence-electron chi connectivity index (χ0n) is 11.7. The maximum Gasteiger partial charge on any atom is 0.225 e. The molecule has 2 heterocycles. The van der Waals surface area contributed by atoms with Crippen LogP contribution in [0, 0.1) is 5.92 Å². The number of nitrogens with one attached hydrogen (secondary N) is 1. The Morgan fingerprint density at radius 3 is 3.00 bits per heavy atom. The Hall–Kier alpha value is -1.85. The molecule has 1 aromatic rings. The van der Waals surface area contributed by atoms with Gasteiger partial charge in [0.2, 0.25) is 11.8 Å². The van der Waals surface area contributed by atoms with Crippen molar-refractivity contribution in [2.75, 3.05) is 6.54 Å². The van der Waals surface area contributed by atoms with Crippen LogP contribution in [0.4, 0.5) is 0 Å². The van der Waals surface area contributed by atoms with E-state index in [1.807, 2.05) is 22.6 Å². The van der Waals surface area contributed by atoms with Gasteiger partial charge in [0, 0.05) is 37.9 Å². The number of amides is 2. The highest BCUT2D eigenvalue weighted by Gasteiger charge is 2.41. The lowest BCUT2D eigenvalue weighted by atomic mass is 10.1. The van der Waals surface area contributed by atoms with E-state index in [1.54, 1.807) is 6.20 Å². The number of likely N-dealkylation sites (tertiary alicyclic amines) is 1. The third-order valence-electron chi connectivity index (χ3n) is 4.08. The number of nitrogens with zero attached hydrogens (tertiary/aromatic N) is 3. The maximum absolute atomic E-state index is 12.1. The molecule has 0 spiro atoms. The van der Waals surface area contributed by atoms with Gasteiger partial charge in [-0.2, -0.15) is 0 Å². The van der Waals surface area contributed by atoms with Crippen molar-refractivity contribution in [2.24, 2.45) is 5.92 Å². The summed E-state index contributed by atoms with van der Waals surface area (Å²) in [5, 5.41) is 2.90. The van der Waals surface area contributed by atoms with Crippen molar-refractivity contribution in [2.45, 2.75) is 45.3 Å². The average Bonchev–Trinajstić information content (AvgIpc) is 3.05. The summed E-state index contributed by atoms with van der Waals surface area (Å²) in [6.45, 7) is 3.88. The van der Waals surface area contributed by atoms with Crippen LogP contribution in [0.1, 0.15) is 32.0 Å². The second-order valence-electron chi connectivity index (χ2n) is 5.53. The smallest absolute Gasteiger partial charge is 0.225 e. The zero-order chi connectivity index (χ0) is 14.1. The molecule has 108 valence electrons. The Balaban J connectivity index is 1.53. The van der Waals surface area contributed by atoms with Crippen molar-refractivity contribution in [3.8, 4) is 0 Å². The fourth-order valence-corrected chi connectivity index (χ4v) is 2.75. The second-order valence-corrected chi connectivity index (χ2v) is 5.53. The van der Waals surface area contributed by atoms with E-state index in [0.29, 0.717) is 25.6 Å². The number of aromatic nitrogens is 2. The monoisotopic (exact) mass is 276 g/mol. The van der Waals surface area contributed by atoms with Crippen LogP contribution < -0.4 is 5.32 Å². The normalized spacial score (nSPS) is 22.4. The van der Waals surface area contributed by atoms with E-state index in [4.69, 9.17) is 0 Å². The molecule has 1 aliphatic heterocycles. The van der Waals surface area contributed by atoms with Crippen molar-refractivity contribution < 1.29 is 9.59 Å². The van der Waals surface area contributed by atoms with Crippen LogP contribution in [-0.4, -0.2) is 38.9 Å². The maximum atomic E-state index is 12.1. The van der Waals surface area contributed by atoms with Gasteiger partial charge in [-0.1, -0.05) is 0 Å². The molecule has 6 heteroatoms. The largest absolute Gasteiger partial charge is 0.349 e. The Labute approximate surface area is 118 Å². The number of imidazole rings is 1. The van der Waals surface area contributed by atoms with Crippen LogP contribution >= 0.6 is 0 Å². The van der Waals surface area contributed by atoms with Crippen molar-refractivity contribution in [1.29, 1.82) is 0 Å². The molecule has 0 bridgehead atoms. The fraction of sp³-hybridized carbons (Fsp3) is 0.643. The van der Waals surface area contributed by atoms with E-state index in [2.05, 4.69) is 10.3 Å². The molecule has 6 nitrogen and oxygen atoms in total. The van der Waals surface area contributed by atoms with E-state index in [9.17, 15) is 9.59 Å². The Morgan fingerprint density at radius 2 is 2.30 bits per heavy atom. The third-order valence-corrected chi connectivity index (χ3v) is 4.08. The highest BCUT2D eigenvalue weighted by molar-refractivity contribution is 5.89. The molecular weight excluding hydrogens is 256 g/mol. The summed E-state index contributed by atoms with van der Waals surface area (Å²) in [7, 11) is 0. The van der Waals surface area contributed by atoms with Gasteiger partial charge < -0.3 is 14.8 Å². The van der Waals surface area contributed by atoms with Crippen molar-refractivity contribution >= 4 is 11.8 Å². The minimum absolute atomic E-state index is 0.0350. The standard InChI is InChI=1S/C14H20N4O2/c1-2-17-6-5-15-12(17)8-16-14(20)10-7-13(19)18(9-10)11-3-4-11/h5-6,10-11H,2-4,7-9H2,1H3,(H,16,20)/t10-/m1/s1. The number of hydrogen-bond acceptors (Lipinski definition) is 3. The van der Waals surface area contributed by atoms with Crippen molar-refractivity contribution in [1.82, 2.24) is 19.8 Å². The molecule has 1 aromatic heterocycles. The fourth-order valence-electron chi connectivity index (χ4n) is 2.75. The molecule has 1 saturated heterocycles. The first-order chi connectivity index (χ1) is 9.69. The number of carbonyl (C=O) groups is 2. The molecule has 1 atom stereocenters. The average molecular weight is 276 g/mol. The lowest BCUT2D eigenvalue weighted by molar-refractivity contribution is -0.129. The van der Waals surface area contributed by atoms with Gasteiger partial charge in [0.1, 0.15) is 5.82 Å². The highest BCUT2D eigenvalue weighted by Crippen LogP contribution is 2.32. The summed E-state index contributed by atoms with van der Waals surface area (Å²) in [4.78, 5) is 30.1. The molecule has 1 saturated carbocycles. The van der Waals surface area contributed by atoms with Gasteiger partial charge in [0.25, 0.3) is 0 Å². The summed E-state index contributed by atoms with van der Waals surface area (Å²) in [6, 6.07) is 0.402. The van der Waals surface area contributed by atoms with Crippen molar-refractivity contribution in [3.63, 3.8) is 0 Å². The molecule has 3 rings (SSSR count). The van der Waals surface area contributed by atoms with E-state index in [1.165, 1.54) is 0 Å².